The van der Waals surface area contributed by atoms with Crippen LogP contribution < -0.4 is 4.90 Å². The molecule has 0 N–H and O–H groups in total. The standard InChI is InChI=1S/C29H20BrN3/c30-19-14-17-27(31-18-19)33-26-13-7-5-11-22(26)24-16-15-23-21-10-4-6-12-25(21)32(28(23)29(24)33)20-8-2-1-3-9-20/h1-18,22,26H. The van der Waals surface area contributed by atoms with E-state index in [0.29, 0.717) is 5.92 Å². The number of hydrogen-bond donors (Lipinski definition) is 0. The number of fused-ring (bicyclic) bond motifs is 7. The first kappa shape index (κ1) is 18.9. The second-order valence-corrected chi connectivity index (χ2v) is 9.49. The summed E-state index contributed by atoms with van der Waals surface area (Å²) >= 11 is 3.55. The number of hydrogen-bond acceptors (Lipinski definition) is 2. The van der Waals surface area contributed by atoms with Gasteiger partial charge in [0.15, 0.2) is 0 Å². The van der Waals surface area contributed by atoms with Crippen LogP contribution in [0.3, 0.4) is 0 Å². The largest absolute Gasteiger partial charge is 0.316 e. The molecule has 1 aliphatic carbocycles. The number of aromatic nitrogens is 2. The van der Waals surface area contributed by atoms with Crippen LogP contribution in [0.25, 0.3) is 27.5 Å². The minimum atomic E-state index is 0.200. The molecule has 2 atom stereocenters. The van der Waals surface area contributed by atoms with Gasteiger partial charge in [-0.05, 0) is 51.8 Å². The predicted molar refractivity (Wildman–Crippen MR) is 140 cm³/mol. The van der Waals surface area contributed by atoms with E-state index in [1.54, 1.807) is 0 Å². The summed E-state index contributed by atoms with van der Waals surface area (Å²) in [6.45, 7) is 0. The molecule has 0 bridgehead atoms. The highest BCUT2D eigenvalue weighted by molar-refractivity contribution is 9.10. The maximum atomic E-state index is 4.83. The minimum Gasteiger partial charge on any atom is -0.316 e. The van der Waals surface area contributed by atoms with Crippen LogP contribution in [0.1, 0.15) is 11.5 Å². The molecule has 4 heteroatoms. The Bertz CT molecular complexity index is 1580. The van der Waals surface area contributed by atoms with Crippen molar-refractivity contribution >= 4 is 49.2 Å². The minimum absolute atomic E-state index is 0.200. The number of nitrogens with zero attached hydrogens (tertiary/aromatic N) is 3. The Hall–Kier alpha value is -3.63. The highest BCUT2D eigenvalue weighted by Gasteiger charge is 2.40. The molecule has 33 heavy (non-hydrogen) atoms. The molecule has 158 valence electrons. The van der Waals surface area contributed by atoms with Gasteiger partial charge < -0.3 is 9.47 Å². The van der Waals surface area contributed by atoms with Crippen molar-refractivity contribution in [2.45, 2.75) is 12.0 Å². The van der Waals surface area contributed by atoms with E-state index >= 15 is 0 Å². The normalized spacial score (nSPS) is 18.8. The zero-order valence-electron chi connectivity index (χ0n) is 17.8. The first-order valence-electron chi connectivity index (χ1n) is 11.2. The van der Waals surface area contributed by atoms with Crippen molar-refractivity contribution in [1.29, 1.82) is 0 Å². The lowest BCUT2D eigenvalue weighted by Crippen LogP contribution is -2.29. The number of allylic oxidation sites excluding steroid dienone is 2. The SMILES string of the molecule is Brc1ccc(N2c3c(ccc4c5ccccc5n(-c5ccccc5)c34)C3C=CC=CC32)nc1. The molecule has 2 unspecified atom stereocenters. The van der Waals surface area contributed by atoms with E-state index in [2.05, 4.69) is 129 Å². The van der Waals surface area contributed by atoms with Crippen LogP contribution in [0.15, 0.2) is 114 Å². The number of para-hydroxylation sites is 2. The summed E-state index contributed by atoms with van der Waals surface area (Å²) in [5, 5.41) is 2.53. The topological polar surface area (TPSA) is 21.1 Å². The maximum absolute atomic E-state index is 4.83. The number of rotatable bonds is 2. The summed E-state index contributed by atoms with van der Waals surface area (Å²) in [5.74, 6) is 1.26. The quantitative estimate of drug-likeness (QED) is 0.253. The van der Waals surface area contributed by atoms with E-state index in [4.69, 9.17) is 4.98 Å². The van der Waals surface area contributed by atoms with Gasteiger partial charge in [0.05, 0.1) is 22.8 Å². The average molecular weight is 490 g/mol. The van der Waals surface area contributed by atoms with Gasteiger partial charge >= 0.3 is 0 Å². The first-order valence-corrected chi connectivity index (χ1v) is 12.0. The molecule has 0 radical (unpaired) electrons. The van der Waals surface area contributed by atoms with Crippen LogP contribution in [-0.2, 0) is 0 Å². The Morgan fingerprint density at radius 3 is 2.42 bits per heavy atom. The molecule has 7 rings (SSSR count). The van der Waals surface area contributed by atoms with Gasteiger partial charge in [-0.1, -0.05) is 72.8 Å². The van der Waals surface area contributed by atoms with Crippen LogP contribution in [0.4, 0.5) is 11.5 Å². The third kappa shape index (κ3) is 2.71. The van der Waals surface area contributed by atoms with Gasteiger partial charge in [0.2, 0.25) is 0 Å². The van der Waals surface area contributed by atoms with Crippen LogP contribution in [0.2, 0.25) is 0 Å². The molecular weight excluding hydrogens is 470 g/mol. The van der Waals surface area contributed by atoms with Gasteiger partial charge in [-0.15, -0.1) is 0 Å². The Morgan fingerprint density at radius 1 is 0.758 bits per heavy atom. The van der Waals surface area contributed by atoms with Crippen molar-refractivity contribution in [3.8, 4) is 5.69 Å². The molecule has 3 heterocycles. The van der Waals surface area contributed by atoms with E-state index < -0.39 is 0 Å². The van der Waals surface area contributed by atoms with Gasteiger partial charge in [0.25, 0.3) is 0 Å². The van der Waals surface area contributed by atoms with Crippen LogP contribution >= 0.6 is 15.9 Å². The zero-order chi connectivity index (χ0) is 21.9. The van der Waals surface area contributed by atoms with Gasteiger partial charge in [-0.3, -0.25) is 0 Å². The summed E-state index contributed by atoms with van der Waals surface area (Å²) in [6, 6.07) is 28.4. The van der Waals surface area contributed by atoms with E-state index in [0.717, 1.165) is 10.3 Å². The van der Waals surface area contributed by atoms with E-state index in [9.17, 15) is 0 Å². The Labute approximate surface area is 200 Å². The predicted octanol–water partition coefficient (Wildman–Crippen LogP) is 7.67. The van der Waals surface area contributed by atoms with Crippen molar-refractivity contribution in [3.63, 3.8) is 0 Å². The van der Waals surface area contributed by atoms with Gasteiger partial charge in [0.1, 0.15) is 5.82 Å². The fourth-order valence-electron chi connectivity index (χ4n) is 5.48. The molecule has 0 fully saturated rings. The molecule has 3 nitrogen and oxygen atoms in total. The van der Waals surface area contributed by atoms with Crippen LogP contribution in [0, 0.1) is 0 Å². The first-order chi connectivity index (χ1) is 16.3. The molecule has 2 aromatic heterocycles. The van der Waals surface area contributed by atoms with Crippen molar-refractivity contribution in [2.24, 2.45) is 0 Å². The molecule has 0 saturated heterocycles. The fourth-order valence-corrected chi connectivity index (χ4v) is 5.71. The fraction of sp³-hybridized carbons (Fsp3) is 0.0690. The molecule has 2 aliphatic rings. The number of halogens is 1. The summed E-state index contributed by atoms with van der Waals surface area (Å²) in [6.07, 6.45) is 10.8. The molecule has 1 aliphatic heterocycles. The maximum Gasteiger partial charge on any atom is 0.133 e. The van der Waals surface area contributed by atoms with Crippen LogP contribution in [-0.4, -0.2) is 15.6 Å². The second kappa shape index (κ2) is 7.19. The van der Waals surface area contributed by atoms with Gasteiger partial charge in [0, 0.05) is 33.0 Å². The van der Waals surface area contributed by atoms with E-state index in [-0.39, 0.29) is 6.04 Å². The van der Waals surface area contributed by atoms with E-state index in [1.165, 1.54) is 38.7 Å². The Morgan fingerprint density at radius 2 is 1.58 bits per heavy atom. The van der Waals surface area contributed by atoms with Crippen molar-refractivity contribution in [3.05, 3.63) is 119 Å². The molecule has 5 aromatic rings. The second-order valence-electron chi connectivity index (χ2n) is 8.58. The number of benzene rings is 3. The van der Waals surface area contributed by atoms with Gasteiger partial charge in [-0.2, -0.15) is 0 Å². The third-order valence-electron chi connectivity index (χ3n) is 6.82. The summed E-state index contributed by atoms with van der Waals surface area (Å²) in [4.78, 5) is 7.25. The van der Waals surface area contributed by atoms with E-state index in [1.807, 2.05) is 6.20 Å². The molecule has 0 saturated carbocycles. The molecule has 0 amide bonds. The lowest BCUT2D eigenvalue weighted by molar-refractivity contribution is 0.738. The zero-order valence-corrected chi connectivity index (χ0v) is 19.4. The van der Waals surface area contributed by atoms with Crippen molar-refractivity contribution in [1.82, 2.24) is 9.55 Å². The monoisotopic (exact) mass is 489 g/mol. The lowest BCUT2D eigenvalue weighted by atomic mass is 9.91. The smallest absolute Gasteiger partial charge is 0.133 e. The Balaban J connectivity index is 1.64. The Kier molecular flexibility index (Phi) is 4.12. The summed E-state index contributed by atoms with van der Waals surface area (Å²) in [5.41, 5.74) is 6.21. The van der Waals surface area contributed by atoms with Crippen molar-refractivity contribution in [2.75, 3.05) is 4.90 Å². The van der Waals surface area contributed by atoms with Crippen molar-refractivity contribution < 1.29 is 0 Å². The highest BCUT2D eigenvalue weighted by atomic mass is 79.9. The average Bonchev–Trinajstić information content (AvgIpc) is 3.38. The van der Waals surface area contributed by atoms with Gasteiger partial charge in [-0.25, -0.2) is 4.98 Å². The highest BCUT2D eigenvalue weighted by Crippen LogP contribution is 2.52. The van der Waals surface area contributed by atoms with Crippen LogP contribution in [0.5, 0.6) is 0 Å². The molecular formula is C29H20BrN3. The summed E-state index contributed by atoms with van der Waals surface area (Å²) in [7, 11) is 0. The summed E-state index contributed by atoms with van der Waals surface area (Å²) < 4.78 is 3.40. The molecule has 0 spiro atoms. The number of pyridine rings is 1. The lowest BCUT2D eigenvalue weighted by Gasteiger charge is -2.28. The molecule has 3 aromatic carbocycles. The number of anilines is 2. The third-order valence-corrected chi connectivity index (χ3v) is 7.29.